The van der Waals surface area contributed by atoms with Gasteiger partial charge in [-0.1, -0.05) is 0 Å². The van der Waals surface area contributed by atoms with Crippen LogP contribution in [-0.2, 0) is 11.3 Å². The zero-order valence-corrected chi connectivity index (χ0v) is 15.2. The molecule has 1 aliphatic heterocycles. The number of nitrogens with zero attached hydrogens (tertiary/aromatic N) is 5. The van der Waals surface area contributed by atoms with E-state index in [1.807, 2.05) is 13.0 Å². The Bertz CT molecular complexity index is 812. The van der Waals surface area contributed by atoms with Crippen molar-refractivity contribution in [2.75, 3.05) is 18.0 Å². The lowest BCUT2D eigenvalue weighted by molar-refractivity contribution is -0.122. The highest BCUT2D eigenvalue weighted by molar-refractivity contribution is 5.76. The SMILES string of the molecule is Cc1cc(C)n(CCC(=O)NC2CCN(c3cnccn3)CC2)c(=O)n1. The molecule has 26 heavy (non-hydrogen) atoms. The Hall–Kier alpha value is -2.77. The molecule has 0 spiro atoms. The van der Waals surface area contributed by atoms with Gasteiger partial charge in [0.2, 0.25) is 5.91 Å². The van der Waals surface area contributed by atoms with Crippen molar-refractivity contribution < 1.29 is 4.79 Å². The van der Waals surface area contributed by atoms with Gasteiger partial charge in [-0.2, -0.15) is 4.98 Å². The Balaban J connectivity index is 1.47. The summed E-state index contributed by atoms with van der Waals surface area (Å²) < 4.78 is 1.54. The molecule has 2 aromatic heterocycles. The molecule has 1 amide bonds. The first-order chi connectivity index (χ1) is 12.5. The van der Waals surface area contributed by atoms with Gasteiger partial charge in [0.25, 0.3) is 0 Å². The molecule has 0 saturated carbocycles. The lowest BCUT2D eigenvalue weighted by Crippen LogP contribution is -2.45. The van der Waals surface area contributed by atoms with Crippen LogP contribution in [0.1, 0.15) is 30.7 Å². The summed E-state index contributed by atoms with van der Waals surface area (Å²) in [5.41, 5.74) is 1.23. The van der Waals surface area contributed by atoms with E-state index in [1.54, 1.807) is 30.1 Å². The van der Waals surface area contributed by atoms with Crippen molar-refractivity contribution in [2.45, 2.75) is 45.7 Å². The molecule has 1 saturated heterocycles. The highest BCUT2D eigenvalue weighted by atomic mass is 16.2. The van der Waals surface area contributed by atoms with Gasteiger partial charge in [0.1, 0.15) is 5.82 Å². The fourth-order valence-corrected chi connectivity index (χ4v) is 3.27. The molecular weight excluding hydrogens is 332 g/mol. The van der Waals surface area contributed by atoms with Crippen LogP contribution in [-0.4, -0.2) is 44.6 Å². The highest BCUT2D eigenvalue weighted by Gasteiger charge is 2.21. The van der Waals surface area contributed by atoms with Gasteiger partial charge in [0.05, 0.1) is 6.20 Å². The zero-order chi connectivity index (χ0) is 18.5. The van der Waals surface area contributed by atoms with Gasteiger partial charge in [-0.05, 0) is 32.8 Å². The molecule has 1 aliphatic rings. The van der Waals surface area contributed by atoms with Crippen molar-refractivity contribution in [1.82, 2.24) is 24.8 Å². The summed E-state index contributed by atoms with van der Waals surface area (Å²) >= 11 is 0. The number of aryl methyl sites for hydroxylation is 2. The number of aromatic nitrogens is 4. The van der Waals surface area contributed by atoms with Crippen LogP contribution in [0.4, 0.5) is 5.82 Å². The van der Waals surface area contributed by atoms with E-state index < -0.39 is 0 Å². The summed E-state index contributed by atoms with van der Waals surface area (Å²) in [4.78, 5) is 38.7. The number of amides is 1. The smallest absolute Gasteiger partial charge is 0.347 e. The van der Waals surface area contributed by atoms with Gasteiger partial charge >= 0.3 is 5.69 Å². The van der Waals surface area contributed by atoms with Crippen molar-refractivity contribution in [3.05, 3.63) is 46.5 Å². The molecule has 0 bridgehead atoms. The molecule has 0 aliphatic carbocycles. The Kier molecular flexibility index (Phi) is 5.60. The summed E-state index contributed by atoms with van der Waals surface area (Å²) in [7, 11) is 0. The second kappa shape index (κ2) is 8.07. The summed E-state index contributed by atoms with van der Waals surface area (Å²) in [6.45, 7) is 5.67. The van der Waals surface area contributed by atoms with Crippen LogP contribution in [0.25, 0.3) is 0 Å². The minimum Gasteiger partial charge on any atom is -0.355 e. The number of rotatable bonds is 5. The van der Waals surface area contributed by atoms with Gasteiger partial charge in [-0.15, -0.1) is 0 Å². The molecule has 8 heteroatoms. The maximum atomic E-state index is 12.2. The molecule has 3 rings (SSSR count). The van der Waals surface area contributed by atoms with Gasteiger partial charge in [0, 0.05) is 55.9 Å². The average molecular weight is 356 g/mol. The summed E-state index contributed by atoms with van der Waals surface area (Å²) in [6, 6.07) is 2.01. The van der Waals surface area contributed by atoms with Crippen LogP contribution in [0.15, 0.2) is 29.5 Å². The first kappa shape index (κ1) is 18.0. The molecular formula is C18H24N6O2. The van der Waals surface area contributed by atoms with Crippen LogP contribution in [0.3, 0.4) is 0 Å². The van der Waals surface area contributed by atoms with Gasteiger partial charge < -0.3 is 10.2 Å². The van der Waals surface area contributed by atoms with Crippen molar-refractivity contribution >= 4 is 11.7 Å². The molecule has 3 heterocycles. The summed E-state index contributed by atoms with van der Waals surface area (Å²) in [5.74, 6) is 0.842. The number of piperidine rings is 1. The second-order valence-electron chi connectivity index (χ2n) is 6.62. The molecule has 138 valence electrons. The van der Waals surface area contributed by atoms with Crippen molar-refractivity contribution in [3.8, 4) is 0 Å². The van der Waals surface area contributed by atoms with E-state index in [1.165, 1.54) is 0 Å². The first-order valence-corrected chi connectivity index (χ1v) is 8.88. The van der Waals surface area contributed by atoms with Crippen molar-refractivity contribution in [1.29, 1.82) is 0 Å². The van der Waals surface area contributed by atoms with Crippen LogP contribution >= 0.6 is 0 Å². The average Bonchev–Trinajstić information content (AvgIpc) is 2.62. The maximum absolute atomic E-state index is 12.2. The number of hydrogen-bond acceptors (Lipinski definition) is 6. The van der Waals surface area contributed by atoms with E-state index in [4.69, 9.17) is 0 Å². The molecule has 0 unspecified atom stereocenters. The number of anilines is 1. The van der Waals surface area contributed by atoms with Crippen LogP contribution in [0.5, 0.6) is 0 Å². The predicted molar refractivity (Wildman–Crippen MR) is 98.0 cm³/mol. The third kappa shape index (κ3) is 4.44. The predicted octanol–water partition coefficient (Wildman–Crippen LogP) is 0.825. The lowest BCUT2D eigenvalue weighted by atomic mass is 10.0. The van der Waals surface area contributed by atoms with Gasteiger partial charge in [-0.3, -0.25) is 14.3 Å². The fourth-order valence-electron chi connectivity index (χ4n) is 3.27. The van der Waals surface area contributed by atoms with Crippen LogP contribution in [0, 0.1) is 13.8 Å². The van der Waals surface area contributed by atoms with E-state index in [2.05, 4.69) is 25.2 Å². The third-order valence-corrected chi connectivity index (χ3v) is 4.64. The van der Waals surface area contributed by atoms with Gasteiger partial charge in [-0.25, -0.2) is 9.78 Å². The fraction of sp³-hybridized carbons (Fsp3) is 0.500. The Labute approximate surface area is 152 Å². The van der Waals surface area contributed by atoms with E-state index >= 15 is 0 Å². The molecule has 8 nitrogen and oxygen atoms in total. The minimum atomic E-state index is -0.299. The number of carbonyl (C=O) groups excluding carboxylic acids is 1. The molecule has 1 fully saturated rings. The van der Waals surface area contributed by atoms with Gasteiger partial charge in [0.15, 0.2) is 0 Å². The van der Waals surface area contributed by atoms with Crippen LogP contribution in [0.2, 0.25) is 0 Å². The second-order valence-corrected chi connectivity index (χ2v) is 6.62. The highest BCUT2D eigenvalue weighted by Crippen LogP contribution is 2.16. The van der Waals surface area contributed by atoms with Crippen LogP contribution < -0.4 is 15.9 Å². The van der Waals surface area contributed by atoms with Crippen molar-refractivity contribution in [2.24, 2.45) is 0 Å². The Morgan fingerprint density at radius 1 is 1.27 bits per heavy atom. The Morgan fingerprint density at radius 3 is 2.69 bits per heavy atom. The maximum Gasteiger partial charge on any atom is 0.347 e. The van der Waals surface area contributed by atoms with E-state index in [-0.39, 0.29) is 24.1 Å². The molecule has 0 radical (unpaired) electrons. The molecule has 0 atom stereocenters. The molecule has 1 N–H and O–H groups in total. The standard InChI is InChI=1S/C18H24N6O2/c1-13-11-14(2)24(18(26)21-13)10-5-17(25)22-15-3-8-23(9-4-15)16-12-19-6-7-20-16/h6-7,11-12,15H,3-5,8-10H2,1-2H3,(H,22,25). The lowest BCUT2D eigenvalue weighted by Gasteiger charge is -2.32. The minimum absolute atomic E-state index is 0.0326. The first-order valence-electron chi connectivity index (χ1n) is 8.88. The Morgan fingerprint density at radius 2 is 2.04 bits per heavy atom. The normalized spacial score (nSPS) is 15.1. The van der Waals surface area contributed by atoms with Crippen molar-refractivity contribution in [3.63, 3.8) is 0 Å². The summed E-state index contributed by atoms with van der Waals surface area (Å²) in [6.07, 6.45) is 7.12. The van der Waals surface area contributed by atoms with E-state index in [0.717, 1.165) is 37.4 Å². The molecule has 0 aromatic carbocycles. The topological polar surface area (TPSA) is 93.0 Å². The number of carbonyl (C=O) groups is 1. The van der Waals surface area contributed by atoms with E-state index in [0.29, 0.717) is 12.2 Å². The summed E-state index contributed by atoms with van der Waals surface area (Å²) in [5, 5.41) is 3.07. The number of nitrogens with one attached hydrogen (secondary N) is 1. The largest absolute Gasteiger partial charge is 0.355 e. The monoisotopic (exact) mass is 356 g/mol. The zero-order valence-electron chi connectivity index (χ0n) is 15.2. The molecule has 2 aromatic rings. The number of hydrogen-bond donors (Lipinski definition) is 1. The quantitative estimate of drug-likeness (QED) is 0.853. The van der Waals surface area contributed by atoms with E-state index in [9.17, 15) is 9.59 Å². The third-order valence-electron chi connectivity index (χ3n) is 4.64.